The monoisotopic (exact) mass is 289 g/mol. The van der Waals surface area contributed by atoms with Crippen molar-refractivity contribution in [3.8, 4) is 0 Å². The van der Waals surface area contributed by atoms with Gasteiger partial charge in [-0.2, -0.15) is 11.8 Å². The van der Waals surface area contributed by atoms with Crippen LogP contribution in [0.2, 0.25) is 0 Å². The standard InChI is InChI=1S/C18H27NS/c1-14-5-7-15(8-6-14)16-11-17(12-16)19-13-18(20-2)9-3-4-10-18/h5-8,16-17,19H,3-4,9-13H2,1-2H3. The summed E-state index contributed by atoms with van der Waals surface area (Å²) >= 11 is 2.09. The third kappa shape index (κ3) is 3.07. The van der Waals surface area contributed by atoms with Crippen LogP contribution in [0.1, 0.15) is 55.6 Å². The summed E-state index contributed by atoms with van der Waals surface area (Å²) in [5, 5.41) is 3.84. The van der Waals surface area contributed by atoms with Crippen LogP contribution in [-0.2, 0) is 0 Å². The molecular formula is C18H27NS. The molecule has 0 heterocycles. The number of thioether (sulfide) groups is 1. The van der Waals surface area contributed by atoms with Crippen molar-refractivity contribution in [2.24, 2.45) is 0 Å². The second kappa shape index (κ2) is 6.11. The molecule has 3 rings (SSSR count). The Balaban J connectivity index is 1.45. The molecule has 0 bridgehead atoms. The molecule has 0 aromatic heterocycles. The lowest BCUT2D eigenvalue weighted by molar-refractivity contribution is 0.282. The van der Waals surface area contributed by atoms with Gasteiger partial charge in [-0.05, 0) is 50.3 Å². The van der Waals surface area contributed by atoms with Gasteiger partial charge in [0.2, 0.25) is 0 Å². The van der Waals surface area contributed by atoms with E-state index in [1.807, 2.05) is 0 Å². The largest absolute Gasteiger partial charge is 0.313 e. The highest BCUT2D eigenvalue weighted by Crippen LogP contribution is 2.41. The number of hydrogen-bond acceptors (Lipinski definition) is 2. The van der Waals surface area contributed by atoms with Gasteiger partial charge in [0.25, 0.3) is 0 Å². The number of benzene rings is 1. The van der Waals surface area contributed by atoms with Gasteiger partial charge in [0.05, 0.1) is 0 Å². The normalized spacial score (nSPS) is 28.3. The van der Waals surface area contributed by atoms with E-state index in [1.54, 1.807) is 0 Å². The van der Waals surface area contributed by atoms with Gasteiger partial charge in [-0.1, -0.05) is 42.7 Å². The van der Waals surface area contributed by atoms with Crippen LogP contribution in [0.4, 0.5) is 0 Å². The summed E-state index contributed by atoms with van der Waals surface area (Å²) in [6, 6.07) is 9.88. The van der Waals surface area contributed by atoms with E-state index in [2.05, 4.69) is 54.5 Å². The predicted molar refractivity (Wildman–Crippen MR) is 89.7 cm³/mol. The molecule has 0 atom stereocenters. The molecule has 1 nitrogen and oxygen atoms in total. The molecule has 0 spiro atoms. The first-order chi connectivity index (χ1) is 9.71. The summed E-state index contributed by atoms with van der Waals surface area (Å²) < 4.78 is 0.551. The lowest BCUT2D eigenvalue weighted by Gasteiger charge is -2.39. The molecule has 0 amide bonds. The summed E-state index contributed by atoms with van der Waals surface area (Å²) in [6.45, 7) is 3.39. The van der Waals surface area contributed by atoms with Gasteiger partial charge in [0.1, 0.15) is 0 Å². The lowest BCUT2D eigenvalue weighted by atomic mass is 9.75. The highest BCUT2D eigenvalue weighted by Gasteiger charge is 2.36. The Kier molecular flexibility index (Phi) is 4.42. The maximum atomic E-state index is 3.84. The van der Waals surface area contributed by atoms with Gasteiger partial charge in [-0.25, -0.2) is 0 Å². The van der Waals surface area contributed by atoms with Crippen LogP contribution in [0.25, 0.3) is 0 Å². The zero-order valence-electron chi connectivity index (χ0n) is 12.8. The van der Waals surface area contributed by atoms with Gasteiger partial charge in [-0.15, -0.1) is 0 Å². The second-order valence-electron chi connectivity index (χ2n) is 6.75. The van der Waals surface area contributed by atoms with E-state index in [-0.39, 0.29) is 0 Å². The van der Waals surface area contributed by atoms with Crippen molar-refractivity contribution < 1.29 is 0 Å². The molecule has 1 aromatic carbocycles. The van der Waals surface area contributed by atoms with Crippen LogP contribution in [0, 0.1) is 6.92 Å². The van der Waals surface area contributed by atoms with Crippen molar-refractivity contribution in [1.82, 2.24) is 5.32 Å². The molecule has 0 aliphatic heterocycles. The van der Waals surface area contributed by atoms with Crippen molar-refractivity contribution >= 4 is 11.8 Å². The molecule has 2 fully saturated rings. The van der Waals surface area contributed by atoms with Crippen LogP contribution in [-0.4, -0.2) is 23.6 Å². The smallest absolute Gasteiger partial charge is 0.0281 e. The predicted octanol–water partition coefficient (Wildman–Crippen LogP) is 4.51. The molecule has 2 aliphatic rings. The first kappa shape index (κ1) is 14.5. The Morgan fingerprint density at radius 2 is 1.80 bits per heavy atom. The average molecular weight is 289 g/mol. The Hall–Kier alpha value is -0.470. The minimum Gasteiger partial charge on any atom is -0.313 e. The average Bonchev–Trinajstić information content (AvgIpc) is 2.88. The molecule has 0 radical (unpaired) electrons. The first-order valence-corrected chi connectivity index (χ1v) is 9.28. The summed E-state index contributed by atoms with van der Waals surface area (Å²) in [5.41, 5.74) is 2.90. The van der Waals surface area contributed by atoms with Gasteiger partial charge >= 0.3 is 0 Å². The molecule has 0 unspecified atom stereocenters. The Morgan fingerprint density at radius 1 is 1.15 bits per heavy atom. The Bertz CT molecular complexity index is 427. The van der Waals surface area contributed by atoms with Crippen molar-refractivity contribution in [3.05, 3.63) is 35.4 Å². The van der Waals surface area contributed by atoms with E-state index in [0.717, 1.165) is 12.0 Å². The van der Waals surface area contributed by atoms with E-state index in [1.165, 1.54) is 56.2 Å². The van der Waals surface area contributed by atoms with Crippen molar-refractivity contribution in [2.75, 3.05) is 12.8 Å². The summed E-state index contributed by atoms with van der Waals surface area (Å²) in [7, 11) is 0. The molecule has 1 N–H and O–H groups in total. The Morgan fingerprint density at radius 3 is 2.40 bits per heavy atom. The maximum Gasteiger partial charge on any atom is 0.0281 e. The molecule has 110 valence electrons. The lowest BCUT2D eigenvalue weighted by Crippen LogP contribution is -2.46. The number of hydrogen-bond donors (Lipinski definition) is 1. The van der Waals surface area contributed by atoms with Gasteiger partial charge in [0.15, 0.2) is 0 Å². The van der Waals surface area contributed by atoms with Crippen molar-refractivity contribution in [2.45, 2.75) is 62.2 Å². The van der Waals surface area contributed by atoms with Crippen molar-refractivity contribution in [1.29, 1.82) is 0 Å². The van der Waals surface area contributed by atoms with Gasteiger partial charge in [-0.3, -0.25) is 0 Å². The van der Waals surface area contributed by atoms with Crippen LogP contribution >= 0.6 is 11.8 Å². The fourth-order valence-corrected chi connectivity index (χ4v) is 4.62. The SMILES string of the molecule is CSC1(CNC2CC(c3ccc(C)cc3)C2)CCCC1. The Labute approximate surface area is 127 Å². The van der Waals surface area contributed by atoms with E-state index in [0.29, 0.717) is 4.75 Å². The van der Waals surface area contributed by atoms with Crippen LogP contribution < -0.4 is 5.32 Å². The van der Waals surface area contributed by atoms with E-state index < -0.39 is 0 Å². The molecule has 2 heteroatoms. The fourth-order valence-electron chi connectivity index (χ4n) is 3.70. The molecule has 20 heavy (non-hydrogen) atoms. The zero-order chi connectivity index (χ0) is 14.0. The summed E-state index contributed by atoms with van der Waals surface area (Å²) in [5.74, 6) is 0.793. The molecule has 2 aliphatic carbocycles. The fraction of sp³-hybridized carbons (Fsp3) is 0.667. The number of nitrogens with one attached hydrogen (secondary N) is 1. The minimum atomic E-state index is 0.551. The van der Waals surface area contributed by atoms with Crippen LogP contribution in [0.5, 0.6) is 0 Å². The van der Waals surface area contributed by atoms with Gasteiger partial charge < -0.3 is 5.32 Å². The quantitative estimate of drug-likeness (QED) is 0.856. The van der Waals surface area contributed by atoms with Crippen LogP contribution in [0.15, 0.2) is 24.3 Å². The third-order valence-electron chi connectivity index (χ3n) is 5.35. The summed E-state index contributed by atoms with van der Waals surface area (Å²) in [4.78, 5) is 0. The first-order valence-electron chi connectivity index (χ1n) is 8.06. The number of rotatable bonds is 5. The molecule has 1 aromatic rings. The van der Waals surface area contributed by atoms with E-state index >= 15 is 0 Å². The minimum absolute atomic E-state index is 0.551. The molecular weight excluding hydrogens is 262 g/mol. The summed E-state index contributed by atoms with van der Waals surface area (Å²) in [6.07, 6.45) is 10.6. The number of aryl methyl sites for hydroxylation is 1. The zero-order valence-corrected chi connectivity index (χ0v) is 13.6. The highest BCUT2D eigenvalue weighted by molar-refractivity contribution is 8.00. The van der Waals surface area contributed by atoms with Gasteiger partial charge in [0, 0.05) is 17.3 Å². The van der Waals surface area contributed by atoms with Crippen molar-refractivity contribution in [3.63, 3.8) is 0 Å². The maximum absolute atomic E-state index is 3.84. The molecule has 2 saturated carbocycles. The molecule has 0 saturated heterocycles. The third-order valence-corrected chi connectivity index (χ3v) is 6.77. The van der Waals surface area contributed by atoms with E-state index in [9.17, 15) is 0 Å². The highest BCUT2D eigenvalue weighted by atomic mass is 32.2. The van der Waals surface area contributed by atoms with Crippen LogP contribution in [0.3, 0.4) is 0 Å². The van der Waals surface area contributed by atoms with E-state index in [4.69, 9.17) is 0 Å². The topological polar surface area (TPSA) is 12.0 Å². The second-order valence-corrected chi connectivity index (χ2v) is 8.03.